The molecule has 1 heterocycles. The van der Waals surface area contributed by atoms with E-state index in [0.29, 0.717) is 11.3 Å². The molecule has 0 aliphatic carbocycles. The van der Waals surface area contributed by atoms with Crippen LogP contribution in [0.15, 0.2) is 23.4 Å². The Labute approximate surface area is 98.1 Å². The fraction of sp³-hybridized carbons (Fsp3) is 0.417. The predicted octanol–water partition coefficient (Wildman–Crippen LogP) is 2.14. The molecule has 92 valence electrons. The first-order valence-corrected chi connectivity index (χ1v) is 5.60. The molecule has 0 saturated carbocycles. The third kappa shape index (κ3) is 2.79. The summed E-state index contributed by atoms with van der Waals surface area (Å²) >= 11 is 0. The highest BCUT2D eigenvalue weighted by Gasteiger charge is 2.21. The first kappa shape index (κ1) is 12.0. The number of nitrogens with zero attached hydrogens (tertiary/aromatic N) is 1. The van der Waals surface area contributed by atoms with Gasteiger partial charge < -0.3 is 10.5 Å². The molecule has 3 nitrogen and oxygen atoms in total. The summed E-state index contributed by atoms with van der Waals surface area (Å²) in [6.07, 6.45) is 1.61. The van der Waals surface area contributed by atoms with Gasteiger partial charge in [-0.3, -0.25) is 0 Å². The Bertz CT molecular complexity index is 408. The van der Waals surface area contributed by atoms with Crippen molar-refractivity contribution in [2.45, 2.75) is 12.8 Å². The molecule has 1 saturated heterocycles. The standard InChI is InChI=1S/C12H14F2N2O/c13-10-5-9(6-11(14)7-10)12(16-17)8-1-3-15-4-2-8/h5-8,15,17H,1-4H2/b16-12-. The van der Waals surface area contributed by atoms with Gasteiger partial charge in [0.25, 0.3) is 0 Å². The lowest BCUT2D eigenvalue weighted by Gasteiger charge is -2.23. The average molecular weight is 240 g/mol. The lowest BCUT2D eigenvalue weighted by atomic mass is 9.89. The maximum atomic E-state index is 13.1. The monoisotopic (exact) mass is 240 g/mol. The Kier molecular flexibility index (Phi) is 3.68. The lowest BCUT2D eigenvalue weighted by molar-refractivity contribution is 0.311. The van der Waals surface area contributed by atoms with Crippen LogP contribution < -0.4 is 5.32 Å². The van der Waals surface area contributed by atoms with Gasteiger partial charge >= 0.3 is 0 Å². The molecule has 1 fully saturated rings. The quantitative estimate of drug-likeness (QED) is 0.472. The van der Waals surface area contributed by atoms with Gasteiger partial charge in [0, 0.05) is 17.5 Å². The molecular weight excluding hydrogens is 226 g/mol. The Morgan fingerprint density at radius 2 is 1.76 bits per heavy atom. The lowest BCUT2D eigenvalue weighted by Crippen LogP contribution is -2.32. The van der Waals surface area contributed by atoms with E-state index in [2.05, 4.69) is 10.5 Å². The van der Waals surface area contributed by atoms with Gasteiger partial charge in [-0.1, -0.05) is 5.16 Å². The number of hydrogen-bond donors (Lipinski definition) is 2. The number of rotatable bonds is 2. The molecule has 0 bridgehead atoms. The first-order chi connectivity index (χ1) is 8.20. The molecule has 2 rings (SSSR count). The van der Waals surface area contributed by atoms with Crippen LogP contribution in [0.3, 0.4) is 0 Å². The van der Waals surface area contributed by atoms with Crippen LogP contribution in [0, 0.1) is 17.6 Å². The van der Waals surface area contributed by atoms with Crippen molar-refractivity contribution in [1.29, 1.82) is 0 Å². The minimum Gasteiger partial charge on any atom is -0.411 e. The topological polar surface area (TPSA) is 44.6 Å². The van der Waals surface area contributed by atoms with E-state index in [0.717, 1.165) is 32.0 Å². The third-order valence-corrected chi connectivity index (χ3v) is 2.99. The highest BCUT2D eigenvalue weighted by molar-refractivity contribution is 6.01. The van der Waals surface area contributed by atoms with Gasteiger partial charge in [0.1, 0.15) is 11.6 Å². The van der Waals surface area contributed by atoms with Crippen molar-refractivity contribution in [3.63, 3.8) is 0 Å². The number of hydrogen-bond acceptors (Lipinski definition) is 3. The van der Waals surface area contributed by atoms with Crippen molar-refractivity contribution >= 4 is 5.71 Å². The molecule has 2 N–H and O–H groups in total. The van der Waals surface area contributed by atoms with Crippen LogP contribution in [0.2, 0.25) is 0 Å². The number of nitrogens with one attached hydrogen (secondary N) is 1. The minimum atomic E-state index is -0.657. The summed E-state index contributed by atoms with van der Waals surface area (Å²) in [5, 5.41) is 15.4. The molecule has 0 atom stereocenters. The summed E-state index contributed by atoms with van der Waals surface area (Å²) < 4.78 is 26.2. The van der Waals surface area contributed by atoms with Gasteiger partial charge in [-0.15, -0.1) is 0 Å². The van der Waals surface area contributed by atoms with E-state index in [9.17, 15) is 8.78 Å². The number of halogens is 2. The zero-order chi connectivity index (χ0) is 12.3. The Balaban J connectivity index is 2.28. The SMILES string of the molecule is O/N=C(\c1cc(F)cc(F)c1)C1CCNCC1. The van der Waals surface area contributed by atoms with Crippen molar-refractivity contribution in [2.24, 2.45) is 11.1 Å². The molecule has 1 aromatic rings. The zero-order valence-electron chi connectivity index (χ0n) is 9.29. The summed E-state index contributed by atoms with van der Waals surface area (Å²) in [7, 11) is 0. The molecule has 1 aliphatic rings. The van der Waals surface area contributed by atoms with Crippen LogP contribution in [-0.4, -0.2) is 24.0 Å². The third-order valence-electron chi connectivity index (χ3n) is 2.99. The zero-order valence-corrected chi connectivity index (χ0v) is 9.29. The summed E-state index contributed by atoms with van der Waals surface area (Å²) in [6.45, 7) is 1.64. The minimum absolute atomic E-state index is 0.0439. The van der Waals surface area contributed by atoms with Gasteiger partial charge in [-0.05, 0) is 38.1 Å². The van der Waals surface area contributed by atoms with E-state index in [4.69, 9.17) is 5.21 Å². The van der Waals surface area contributed by atoms with Gasteiger partial charge in [-0.25, -0.2) is 8.78 Å². The molecule has 17 heavy (non-hydrogen) atoms. The van der Waals surface area contributed by atoms with Crippen LogP contribution in [0.1, 0.15) is 18.4 Å². The molecule has 0 unspecified atom stereocenters. The molecule has 0 amide bonds. The summed E-state index contributed by atoms with van der Waals surface area (Å²) in [5.74, 6) is -1.27. The van der Waals surface area contributed by atoms with Crippen LogP contribution >= 0.6 is 0 Å². The molecule has 0 spiro atoms. The largest absolute Gasteiger partial charge is 0.411 e. The Morgan fingerprint density at radius 3 is 2.29 bits per heavy atom. The van der Waals surface area contributed by atoms with Crippen LogP contribution in [0.5, 0.6) is 0 Å². The highest BCUT2D eigenvalue weighted by Crippen LogP contribution is 2.20. The van der Waals surface area contributed by atoms with Gasteiger partial charge in [0.15, 0.2) is 0 Å². The second kappa shape index (κ2) is 5.23. The Hall–Kier alpha value is -1.49. The number of benzene rings is 1. The van der Waals surface area contributed by atoms with Gasteiger partial charge in [0.2, 0.25) is 0 Å². The van der Waals surface area contributed by atoms with E-state index in [1.54, 1.807) is 0 Å². The van der Waals surface area contributed by atoms with E-state index in [1.807, 2.05) is 0 Å². The second-order valence-corrected chi connectivity index (χ2v) is 4.17. The van der Waals surface area contributed by atoms with Crippen molar-refractivity contribution < 1.29 is 14.0 Å². The fourth-order valence-electron chi connectivity index (χ4n) is 2.17. The van der Waals surface area contributed by atoms with E-state index in [-0.39, 0.29) is 5.92 Å². The van der Waals surface area contributed by atoms with Crippen molar-refractivity contribution in [1.82, 2.24) is 5.32 Å². The molecule has 0 aromatic heterocycles. The second-order valence-electron chi connectivity index (χ2n) is 4.17. The fourth-order valence-corrected chi connectivity index (χ4v) is 2.17. The average Bonchev–Trinajstić information content (AvgIpc) is 2.30. The summed E-state index contributed by atoms with van der Waals surface area (Å²) in [5.41, 5.74) is 0.682. The molecule has 5 heteroatoms. The normalized spacial score (nSPS) is 18.4. The van der Waals surface area contributed by atoms with Crippen LogP contribution in [0.4, 0.5) is 8.78 Å². The number of piperidine rings is 1. The van der Waals surface area contributed by atoms with Gasteiger partial charge in [0.05, 0.1) is 5.71 Å². The summed E-state index contributed by atoms with van der Waals surface area (Å²) in [6, 6.07) is 3.20. The Morgan fingerprint density at radius 1 is 1.18 bits per heavy atom. The maximum Gasteiger partial charge on any atom is 0.126 e. The smallest absolute Gasteiger partial charge is 0.126 e. The number of oxime groups is 1. The van der Waals surface area contributed by atoms with Crippen molar-refractivity contribution in [2.75, 3.05) is 13.1 Å². The van der Waals surface area contributed by atoms with E-state index < -0.39 is 11.6 Å². The highest BCUT2D eigenvalue weighted by atomic mass is 19.1. The maximum absolute atomic E-state index is 13.1. The van der Waals surface area contributed by atoms with Crippen LogP contribution in [0.25, 0.3) is 0 Å². The molecular formula is C12H14F2N2O. The van der Waals surface area contributed by atoms with Gasteiger partial charge in [-0.2, -0.15) is 0 Å². The van der Waals surface area contributed by atoms with Crippen molar-refractivity contribution in [3.8, 4) is 0 Å². The van der Waals surface area contributed by atoms with Crippen molar-refractivity contribution in [3.05, 3.63) is 35.4 Å². The molecule has 1 aromatic carbocycles. The predicted molar refractivity (Wildman–Crippen MR) is 60.3 cm³/mol. The summed E-state index contributed by atoms with van der Waals surface area (Å²) in [4.78, 5) is 0. The molecule has 1 aliphatic heterocycles. The van der Waals surface area contributed by atoms with Crippen LogP contribution in [-0.2, 0) is 0 Å². The first-order valence-electron chi connectivity index (χ1n) is 5.60. The van der Waals surface area contributed by atoms with E-state index >= 15 is 0 Å². The molecule has 0 radical (unpaired) electrons. The van der Waals surface area contributed by atoms with E-state index in [1.165, 1.54) is 12.1 Å².